The number of hydrogen-bond acceptors (Lipinski definition) is 4. The van der Waals surface area contributed by atoms with Gasteiger partial charge in [0.15, 0.2) is 0 Å². The molecule has 1 atom stereocenters. The molecule has 0 aromatic rings. The molecule has 0 fully saturated rings. The van der Waals surface area contributed by atoms with Crippen molar-refractivity contribution in [2.45, 2.75) is 26.1 Å². The van der Waals surface area contributed by atoms with Gasteiger partial charge in [-0.2, -0.15) is 0 Å². The van der Waals surface area contributed by atoms with Gasteiger partial charge >= 0.3 is 58.2 Å². The van der Waals surface area contributed by atoms with E-state index in [0.717, 1.165) is 0 Å². The van der Waals surface area contributed by atoms with Crippen LogP contribution in [0.4, 0.5) is 0 Å². The van der Waals surface area contributed by atoms with Crippen molar-refractivity contribution in [2.24, 2.45) is 5.92 Å². The van der Waals surface area contributed by atoms with Crippen LogP contribution in [0.1, 0.15) is 20.8 Å². The van der Waals surface area contributed by atoms with Gasteiger partial charge in [0, 0.05) is 5.57 Å². The van der Waals surface area contributed by atoms with Crippen molar-refractivity contribution in [1.29, 1.82) is 0 Å². The minimum Gasteiger partial charge on any atom is -0.746 e. The molecule has 0 aliphatic carbocycles. The van der Waals surface area contributed by atoms with E-state index in [1.165, 1.54) is 6.92 Å². The zero-order chi connectivity index (χ0) is 11.5. The Balaban J connectivity index is 0. The number of carbonyl (C=O) groups is 1. The Kier molecular flexibility index (Phi) is 8.89. The minimum atomic E-state index is -4.52. The summed E-state index contributed by atoms with van der Waals surface area (Å²) >= 11 is 0. The average Bonchev–Trinajstić information content (AvgIpc) is 1.96. The van der Waals surface area contributed by atoms with Gasteiger partial charge in [-0.25, -0.2) is 8.42 Å². The molecule has 0 radical (unpaired) electrons. The summed E-state index contributed by atoms with van der Waals surface area (Å²) in [6.45, 7) is 7.86. The topological polar surface area (TPSA) is 86.3 Å². The van der Waals surface area contributed by atoms with Crippen LogP contribution in [0, 0.1) is 5.92 Å². The van der Waals surface area contributed by atoms with Gasteiger partial charge < -0.3 is 9.87 Å². The molecule has 82 valence electrons. The standard InChI is InChI=1S/C8H15NO4S.Rb/c1-5(2)7(10)9-8(6(3)4)14(11,12)13;/h6,8H,1H2,2-4H3,(H,9,10)(H,11,12,13);/q;+1/p-1. The van der Waals surface area contributed by atoms with Crippen LogP contribution < -0.4 is 63.5 Å². The van der Waals surface area contributed by atoms with Crippen LogP contribution >= 0.6 is 0 Å². The van der Waals surface area contributed by atoms with Crippen LogP contribution in [-0.4, -0.2) is 24.3 Å². The van der Waals surface area contributed by atoms with Gasteiger partial charge in [0.05, 0.1) is 0 Å². The van der Waals surface area contributed by atoms with Gasteiger partial charge in [-0.3, -0.25) is 4.79 Å². The van der Waals surface area contributed by atoms with Crippen LogP contribution in [0.5, 0.6) is 0 Å². The quantitative estimate of drug-likeness (QED) is 0.449. The predicted molar refractivity (Wildman–Crippen MR) is 51.3 cm³/mol. The Morgan fingerprint density at radius 2 is 1.80 bits per heavy atom. The van der Waals surface area contributed by atoms with Crippen molar-refractivity contribution in [1.82, 2.24) is 5.32 Å². The summed E-state index contributed by atoms with van der Waals surface area (Å²) in [5.41, 5.74) is 0.166. The van der Waals surface area contributed by atoms with Crippen molar-refractivity contribution in [3.05, 3.63) is 12.2 Å². The molecule has 0 saturated carbocycles. The number of nitrogens with one attached hydrogen (secondary N) is 1. The third kappa shape index (κ3) is 6.96. The molecule has 5 nitrogen and oxygen atoms in total. The Labute approximate surface area is 139 Å². The maximum atomic E-state index is 11.1. The fraction of sp³-hybridized carbons (Fsp3) is 0.625. The van der Waals surface area contributed by atoms with E-state index in [1.54, 1.807) is 13.8 Å². The van der Waals surface area contributed by atoms with Crippen molar-refractivity contribution >= 4 is 16.0 Å². The summed E-state index contributed by atoms with van der Waals surface area (Å²) in [5, 5.41) is 0.720. The Bertz CT molecular complexity index is 337. The van der Waals surface area contributed by atoms with Crippen LogP contribution in [0.3, 0.4) is 0 Å². The molecule has 0 aromatic heterocycles. The number of hydrogen-bond donors (Lipinski definition) is 1. The molecule has 0 spiro atoms. The maximum Gasteiger partial charge on any atom is 1.00 e. The zero-order valence-electron chi connectivity index (χ0n) is 9.40. The predicted octanol–water partition coefficient (Wildman–Crippen LogP) is -2.79. The summed E-state index contributed by atoms with van der Waals surface area (Å²) in [5.74, 6) is -1.09. The van der Waals surface area contributed by atoms with Crippen LogP contribution in [0.15, 0.2) is 12.2 Å². The van der Waals surface area contributed by atoms with E-state index in [9.17, 15) is 17.8 Å². The normalized spacial score (nSPS) is 12.9. The molecule has 1 amide bonds. The molecule has 0 aliphatic heterocycles. The van der Waals surface area contributed by atoms with Gasteiger partial charge in [0.1, 0.15) is 15.5 Å². The first kappa shape index (κ1) is 18.3. The molecule has 0 bridgehead atoms. The van der Waals surface area contributed by atoms with E-state index in [2.05, 4.69) is 11.9 Å². The summed E-state index contributed by atoms with van der Waals surface area (Å²) in [6.07, 6.45) is 0. The molecule has 0 aliphatic rings. The first-order valence-electron chi connectivity index (χ1n) is 4.07. The molecular weight excluding hydrogens is 292 g/mol. The summed E-state index contributed by atoms with van der Waals surface area (Å²) in [6, 6.07) is 0. The SMILES string of the molecule is C=C(C)C(=O)NC(C(C)C)S(=O)(=O)[O-].[Rb+]. The molecule has 0 heterocycles. The second-order valence-electron chi connectivity index (χ2n) is 3.41. The second kappa shape index (κ2) is 7.29. The summed E-state index contributed by atoms with van der Waals surface area (Å²) in [7, 11) is -4.52. The van der Waals surface area contributed by atoms with Crippen molar-refractivity contribution in [3.63, 3.8) is 0 Å². The van der Waals surface area contributed by atoms with Gasteiger partial charge in [0.2, 0.25) is 5.91 Å². The molecule has 0 rings (SSSR count). The van der Waals surface area contributed by atoms with Gasteiger partial charge in [0.25, 0.3) is 0 Å². The first-order chi connectivity index (χ1) is 6.16. The smallest absolute Gasteiger partial charge is 0.746 e. The Morgan fingerprint density at radius 3 is 2.00 bits per heavy atom. The van der Waals surface area contributed by atoms with Crippen molar-refractivity contribution in [3.8, 4) is 0 Å². The summed E-state index contributed by atoms with van der Waals surface area (Å²) < 4.78 is 32.2. The third-order valence-electron chi connectivity index (χ3n) is 1.58. The van der Waals surface area contributed by atoms with E-state index in [1.807, 2.05) is 0 Å². The first-order valence-corrected chi connectivity index (χ1v) is 5.54. The molecule has 0 saturated heterocycles. The number of amides is 1. The number of rotatable bonds is 4. The maximum absolute atomic E-state index is 11.1. The Morgan fingerprint density at radius 1 is 1.40 bits per heavy atom. The third-order valence-corrected chi connectivity index (χ3v) is 2.86. The fourth-order valence-electron chi connectivity index (χ4n) is 0.825. The molecule has 1 unspecified atom stereocenters. The zero-order valence-corrected chi connectivity index (χ0v) is 15.1. The summed E-state index contributed by atoms with van der Waals surface area (Å²) in [4.78, 5) is 11.1. The van der Waals surface area contributed by atoms with E-state index in [0.29, 0.717) is 0 Å². The van der Waals surface area contributed by atoms with Crippen LogP contribution in [-0.2, 0) is 14.9 Å². The molecular formula is C8H14NO4RbS. The minimum absolute atomic E-state index is 0. The van der Waals surface area contributed by atoms with Crippen LogP contribution in [0.25, 0.3) is 0 Å². The van der Waals surface area contributed by atoms with Crippen LogP contribution in [0.2, 0.25) is 0 Å². The molecule has 15 heavy (non-hydrogen) atoms. The largest absolute Gasteiger partial charge is 1.00 e. The van der Waals surface area contributed by atoms with Gasteiger partial charge in [-0.15, -0.1) is 0 Å². The molecule has 1 N–H and O–H groups in total. The van der Waals surface area contributed by atoms with Crippen molar-refractivity contribution in [2.75, 3.05) is 0 Å². The van der Waals surface area contributed by atoms with Gasteiger partial charge in [-0.1, -0.05) is 20.4 Å². The monoisotopic (exact) mass is 305 g/mol. The van der Waals surface area contributed by atoms with Gasteiger partial charge in [-0.05, 0) is 12.8 Å². The van der Waals surface area contributed by atoms with E-state index >= 15 is 0 Å². The second-order valence-corrected chi connectivity index (χ2v) is 4.90. The molecule has 7 heteroatoms. The van der Waals surface area contributed by atoms with Crippen molar-refractivity contribution < 1.29 is 76.0 Å². The fourth-order valence-corrected chi connectivity index (χ4v) is 1.74. The van der Waals surface area contributed by atoms with E-state index in [4.69, 9.17) is 0 Å². The van der Waals surface area contributed by atoms with E-state index < -0.39 is 27.3 Å². The average molecular weight is 306 g/mol. The molecule has 0 aromatic carbocycles. The number of carbonyl (C=O) groups excluding carboxylic acids is 1. The van der Waals surface area contributed by atoms with E-state index in [-0.39, 0.29) is 63.8 Å². The Hall–Kier alpha value is 0.925.